The van der Waals surface area contributed by atoms with Gasteiger partial charge in [0.1, 0.15) is 0 Å². The van der Waals surface area contributed by atoms with E-state index in [4.69, 9.17) is 17.3 Å². The quantitative estimate of drug-likeness (QED) is 0.873. The summed E-state index contributed by atoms with van der Waals surface area (Å²) in [7, 11) is 0. The maximum absolute atomic E-state index is 6.19. The SMILES string of the molecule is NC1CCC(c2ccccc2)(c2ccc(Cl)cc2)C1. The molecule has 2 atom stereocenters. The zero-order valence-electron chi connectivity index (χ0n) is 10.9. The van der Waals surface area contributed by atoms with Crippen molar-refractivity contribution in [1.82, 2.24) is 0 Å². The summed E-state index contributed by atoms with van der Waals surface area (Å²) < 4.78 is 0. The molecule has 0 aliphatic heterocycles. The fourth-order valence-corrected chi connectivity index (χ4v) is 3.43. The van der Waals surface area contributed by atoms with Crippen LogP contribution in [0.15, 0.2) is 54.6 Å². The Hall–Kier alpha value is -1.31. The van der Waals surface area contributed by atoms with Crippen molar-refractivity contribution in [3.63, 3.8) is 0 Å². The predicted octanol–water partition coefficient (Wildman–Crippen LogP) is 4.14. The van der Waals surface area contributed by atoms with E-state index in [9.17, 15) is 0 Å². The minimum Gasteiger partial charge on any atom is -0.328 e. The average molecular weight is 272 g/mol. The van der Waals surface area contributed by atoms with Crippen molar-refractivity contribution in [1.29, 1.82) is 0 Å². The van der Waals surface area contributed by atoms with Gasteiger partial charge in [-0.15, -0.1) is 0 Å². The zero-order valence-corrected chi connectivity index (χ0v) is 11.6. The average Bonchev–Trinajstić information content (AvgIpc) is 2.84. The number of benzene rings is 2. The number of rotatable bonds is 2. The van der Waals surface area contributed by atoms with E-state index in [1.165, 1.54) is 11.1 Å². The topological polar surface area (TPSA) is 26.0 Å². The monoisotopic (exact) mass is 271 g/mol. The molecule has 1 nitrogen and oxygen atoms in total. The number of nitrogens with two attached hydrogens (primary N) is 1. The van der Waals surface area contributed by atoms with Gasteiger partial charge in [0.05, 0.1) is 0 Å². The molecule has 2 aromatic rings. The summed E-state index contributed by atoms with van der Waals surface area (Å²) in [6.07, 6.45) is 3.20. The lowest BCUT2D eigenvalue weighted by molar-refractivity contribution is 0.524. The fourth-order valence-electron chi connectivity index (χ4n) is 3.30. The van der Waals surface area contributed by atoms with Crippen molar-refractivity contribution < 1.29 is 0 Å². The molecular weight excluding hydrogens is 254 g/mol. The van der Waals surface area contributed by atoms with Crippen LogP contribution in [0.4, 0.5) is 0 Å². The molecular formula is C17H18ClN. The molecule has 0 aromatic heterocycles. The molecule has 1 saturated carbocycles. The lowest BCUT2D eigenvalue weighted by atomic mass is 9.73. The van der Waals surface area contributed by atoms with Gasteiger partial charge in [-0.3, -0.25) is 0 Å². The van der Waals surface area contributed by atoms with E-state index in [2.05, 4.69) is 42.5 Å². The summed E-state index contributed by atoms with van der Waals surface area (Å²) in [5.41, 5.74) is 8.95. The van der Waals surface area contributed by atoms with Crippen LogP contribution >= 0.6 is 11.6 Å². The van der Waals surface area contributed by atoms with Crippen molar-refractivity contribution in [3.8, 4) is 0 Å². The molecule has 0 heterocycles. The van der Waals surface area contributed by atoms with Crippen LogP contribution in [0.5, 0.6) is 0 Å². The Kier molecular flexibility index (Phi) is 3.34. The molecule has 2 unspecified atom stereocenters. The smallest absolute Gasteiger partial charge is 0.0406 e. The highest BCUT2D eigenvalue weighted by molar-refractivity contribution is 6.30. The van der Waals surface area contributed by atoms with Crippen molar-refractivity contribution >= 4 is 11.6 Å². The van der Waals surface area contributed by atoms with Gasteiger partial charge in [-0.25, -0.2) is 0 Å². The summed E-state index contributed by atoms with van der Waals surface area (Å²) in [6.45, 7) is 0. The third kappa shape index (κ3) is 2.29. The van der Waals surface area contributed by atoms with Crippen LogP contribution in [0, 0.1) is 0 Å². The van der Waals surface area contributed by atoms with Crippen LogP contribution in [-0.4, -0.2) is 6.04 Å². The Balaban J connectivity index is 2.10. The van der Waals surface area contributed by atoms with Gasteiger partial charge in [0.15, 0.2) is 0 Å². The van der Waals surface area contributed by atoms with Crippen LogP contribution in [-0.2, 0) is 5.41 Å². The summed E-state index contributed by atoms with van der Waals surface area (Å²) in [5, 5.41) is 0.786. The second-order valence-electron chi connectivity index (χ2n) is 5.46. The third-order valence-corrected chi connectivity index (χ3v) is 4.53. The molecule has 2 heteroatoms. The molecule has 2 aromatic carbocycles. The fraction of sp³-hybridized carbons (Fsp3) is 0.294. The molecule has 0 radical (unpaired) electrons. The second-order valence-corrected chi connectivity index (χ2v) is 5.89. The second kappa shape index (κ2) is 4.99. The van der Waals surface area contributed by atoms with Crippen molar-refractivity contribution in [2.24, 2.45) is 5.73 Å². The molecule has 0 bridgehead atoms. The van der Waals surface area contributed by atoms with Gasteiger partial charge in [0, 0.05) is 16.5 Å². The largest absolute Gasteiger partial charge is 0.328 e. The molecule has 0 amide bonds. The summed E-state index contributed by atoms with van der Waals surface area (Å²) in [4.78, 5) is 0. The Morgan fingerprint density at radius 2 is 1.58 bits per heavy atom. The van der Waals surface area contributed by atoms with Crippen molar-refractivity contribution in [3.05, 3.63) is 70.7 Å². The number of hydrogen-bond donors (Lipinski definition) is 1. The molecule has 1 aliphatic rings. The lowest BCUT2D eigenvalue weighted by Gasteiger charge is -2.31. The Morgan fingerprint density at radius 1 is 0.947 bits per heavy atom. The Bertz CT molecular complexity index is 549. The van der Waals surface area contributed by atoms with Crippen LogP contribution < -0.4 is 5.73 Å². The Labute approximate surface area is 119 Å². The van der Waals surface area contributed by atoms with E-state index in [0.717, 1.165) is 24.3 Å². The van der Waals surface area contributed by atoms with E-state index in [1.807, 2.05) is 12.1 Å². The van der Waals surface area contributed by atoms with Gasteiger partial charge < -0.3 is 5.73 Å². The van der Waals surface area contributed by atoms with Crippen LogP contribution in [0.1, 0.15) is 30.4 Å². The maximum Gasteiger partial charge on any atom is 0.0406 e. The normalized spacial score (nSPS) is 26.5. The minimum absolute atomic E-state index is 0.0608. The highest BCUT2D eigenvalue weighted by atomic mass is 35.5. The predicted molar refractivity (Wildman–Crippen MR) is 80.5 cm³/mol. The number of hydrogen-bond acceptors (Lipinski definition) is 1. The van der Waals surface area contributed by atoms with Gasteiger partial charge in [0.25, 0.3) is 0 Å². The third-order valence-electron chi connectivity index (χ3n) is 4.28. The molecule has 98 valence electrons. The highest BCUT2D eigenvalue weighted by Crippen LogP contribution is 2.46. The van der Waals surface area contributed by atoms with Gasteiger partial charge in [-0.1, -0.05) is 54.1 Å². The van der Waals surface area contributed by atoms with E-state index < -0.39 is 0 Å². The lowest BCUT2D eigenvalue weighted by Crippen LogP contribution is -2.27. The summed E-state index contributed by atoms with van der Waals surface area (Å²) in [5.74, 6) is 0. The first kappa shape index (κ1) is 12.7. The van der Waals surface area contributed by atoms with Crippen molar-refractivity contribution in [2.75, 3.05) is 0 Å². The zero-order chi connectivity index (χ0) is 13.3. The Morgan fingerprint density at radius 3 is 2.16 bits per heavy atom. The first-order chi connectivity index (χ1) is 9.21. The summed E-state index contributed by atoms with van der Waals surface area (Å²) >= 11 is 6.01. The first-order valence-corrected chi connectivity index (χ1v) is 7.16. The molecule has 1 fully saturated rings. The van der Waals surface area contributed by atoms with E-state index in [1.54, 1.807) is 0 Å². The molecule has 19 heavy (non-hydrogen) atoms. The van der Waals surface area contributed by atoms with Gasteiger partial charge >= 0.3 is 0 Å². The highest BCUT2D eigenvalue weighted by Gasteiger charge is 2.40. The molecule has 3 rings (SSSR count). The van der Waals surface area contributed by atoms with Crippen LogP contribution in [0.25, 0.3) is 0 Å². The summed E-state index contributed by atoms with van der Waals surface area (Å²) in [6, 6.07) is 19.2. The molecule has 0 spiro atoms. The molecule has 1 aliphatic carbocycles. The van der Waals surface area contributed by atoms with E-state index in [-0.39, 0.29) is 11.5 Å². The molecule has 0 saturated heterocycles. The van der Waals surface area contributed by atoms with Crippen LogP contribution in [0.3, 0.4) is 0 Å². The van der Waals surface area contributed by atoms with Crippen molar-refractivity contribution in [2.45, 2.75) is 30.7 Å². The molecule has 2 N–H and O–H groups in total. The van der Waals surface area contributed by atoms with Gasteiger partial charge in [-0.05, 0) is 42.5 Å². The maximum atomic E-state index is 6.19. The van der Waals surface area contributed by atoms with Gasteiger partial charge in [-0.2, -0.15) is 0 Å². The van der Waals surface area contributed by atoms with E-state index in [0.29, 0.717) is 0 Å². The van der Waals surface area contributed by atoms with Gasteiger partial charge in [0.2, 0.25) is 0 Å². The van der Waals surface area contributed by atoms with E-state index >= 15 is 0 Å². The number of halogens is 1. The standard InChI is InChI=1S/C17H18ClN/c18-15-8-6-14(7-9-15)17(11-10-16(19)12-17)13-4-2-1-3-5-13/h1-9,16H,10-12,19H2. The van der Waals surface area contributed by atoms with Crippen LogP contribution in [0.2, 0.25) is 5.02 Å². The minimum atomic E-state index is 0.0608. The first-order valence-electron chi connectivity index (χ1n) is 6.78.